The number of carbonyl (C=O) groups is 1. The number of anilines is 1. The summed E-state index contributed by atoms with van der Waals surface area (Å²) >= 11 is 5.88. The second kappa shape index (κ2) is 7.21. The molecule has 4 rings (SSSR count). The highest BCUT2D eigenvalue weighted by atomic mass is 35.5. The Hall–Kier alpha value is -2.80. The summed E-state index contributed by atoms with van der Waals surface area (Å²) in [4.78, 5) is 20.9. The number of pyridine rings is 1. The zero-order valence-corrected chi connectivity index (χ0v) is 14.8. The van der Waals surface area contributed by atoms with Gasteiger partial charge in [0.25, 0.3) is 5.91 Å². The molecule has 0 aromatic carbocycles. The molecule has 1 fully saturated rings. The monoisotopic (exact) mass is 371 g/mol. The molecule has 1 saturated heterocycles. The van der Waals surface area contributed by atoms with Gasteiger partial charge in [0.1, 0.15) is 11.6 Å². The van der Waals surface area contributed by atoms with Gasteiger partial charge in [-0.1, -0.05) is 11.6 Å². The highest BCUT2D eigenvalue weighted by molar-refractivity contribution is 6.30. The number of amides is 1. The molecular weight excluding hydrogens is 354 g/mol. The Balaban J connectivity index is 1.36. The van der Waals surface area contributed by atoms with E-state index in [1.54, 1.807) is 23.1 Å². The molecule has 0 bridgehead atoms. The van der Waals surface area contributed by atoms with E-state index in [4.69, 9.17) is 16.0 Å². The Kier molecular flexibility index (Phi) is 4.62. The molecule has 134 valence electrons. The van der Waals surface area contributed by atoms with E-state index in [0.29, 0.717) is 36.2 Å². The standard InChI is InChI=1S/C18H18ClN5O2/c19-14-2-5-17(20-12-14)22-8-10-23(11-9-22)18(25)16-4-3-15(26-16)13-24-7-1-6-21-24/h1-7,12H,8-11,13H2. The van der Waals surface area contributed by atoms with Crippen molar-refractivity contribution in [1.82, 2.24) is 19.7 Å². The van der Waals surface area contributed by atoms with E-state index in [0.717, 1.165) is 18.9 Å². The molecule has 1 amide bonds. The van der Waals surface area contributed by atoms with Gasteiger partial charge in [-0.25, -0.2) is 4.98 Å². The van der Waals surface area contributed by atoms with E-state index in [9.17, 15) is 4.79 Å². The van der Waals surface area contributed by atoms with Gasteiger partial charge in [0, 0.05) is 44.8 Å². The second-order valence-corrected chi connectivity index (χ2v) is 6.52. The van der Waals surface area contributed by atoms with Crippen molar-refractivity contribution >= 4 is 23.3 Å². The van der Waals surface area contributed by atoms with Crippen LogP contribution in [0.3, 0.4) is 0 Å². The quantitative estimate of drug-likeness (QED) is 0.705. The van der Waals surface area contributed by atoms with Crippen molar-refractivity contribution in [2.75, 3.05) is 31.1 Å². The maximum Gasteiger partial charge on any atom is 0.289 e. The molecule has 0 radical (unpaired) electrons. The van der Waals surface area contributed by atoms with Crippen LogP contribution in [-0.2, 0) is 6.54 Å². The van der Waals surface area contributed by atoms with Crippen molar-refractivity contribution in [3.63, 3.8) is 0 Å². The first kappa shape index (κ1) is 16.7. The maximum absolute atomic E-state index is 12.7. The van der Waals surface area contributed by atoms with Crippen molar-refractivity contribution < 1.29 is 9.21 Å². The summed E-state index contributed by atoms with van der Waals surface area (Å²) < 4.78 is 7.46. The third-order valence-corrected chi connectivity index (χ3v) is 4.58. The van der Waals surface area contributed by atoms with Gasteiger partial charge in [0.15, 0.2) is 5.76 Å². The first-order valence-corrected chi connectivity index (χ1v) is 8.79. The summed E-state index contributed by atoms with van der Waals surface area (Å²) in [5.74, 6) is 1.87. The zero-order chi connectivity index (χ0) is 17.9. The van der Waals surface area contributed by atoms with Gasteiger partial charge in [-0.15, -0.1) is 0 Å². The normalized spacial score (nSPS) is 14.7. The first-order valence-electron chi connectivity index (χ1n) is 8.41. The number of furan rings is 1. The minimum absolute atomic E-state index is 0.0829. The van der Waals surface area contributed by atoms with E-state index in [2.05, 4.69) is 15.0 Å². The van der Waals surface area contributed by atoms with Crippen LogP contribution in [0.5, 0.6) is 0 Å². The van der Waals surface area contributed by atoms with Gasteiger partial charge in [-0.3, -0.25) is 9.48 Å². The van der Waals surface area contributed by atoms with Crippen LogP contribution in [0.4, 0.5) is 5.82 Å². The average Bonchev–Trinajstić information content (AvgIpc) is 3.35. The van der Waals surface area contributed by atoms with Gasteiger partial charge < -0.3 is 14.2 Å². The minimum Gasteiger partial charge on any atom is -0.454 e. The summed E-state index contributed by atoms with van der Waals surface area (Å²) in [7, 11) is 0. The fourth-order valence-electron chi connectivity index (χ4n) is 2.98. The summed E-state index contributed by atoms with van der Waals surface area (Å²) in [6.07, 6.45) is 5.20. The molecule has 8 heteroatoms. The fourth-order valence-corrected chi connectivity index (χ4v) is 3.09. The van der Waals surface area contributed by atoms with Crippen LogP contribution in [0.15, 0.2) is 53.3 Å². The van der Waals surface area contributed by atoms with Crippen LogP contribution in [0, 0.1) is 0 Å². The average molecular weight is 372 g/mol. The van der Waals surface area contributed by atoms with Crippen LogP contribution >= 0.6 is 11.6 Å². The van der Waals surface area contributed by atoms with Crippen LogP contribution in [0.25, 0.3) is 0 Å². The summed E-state index contributed by atoms with van der Waals surface area (Å²) in [6, 6.07) is 9.13. The predicted octanol–water partition coefficient (Wildman–Crippen LogP) is 2.54. The SMILES string of the molecule is O=C(c1ccc(Cn2cccn2)o1)N1CCN(c2ccc(Cl)cn2)CC1. The number of hydrogen-bond donors (Lipinski definition) is 0. The molecule has 3 aromatic heterocycles. The number of piperazine rings is 1. The fraction of sp³-hybridized carbons (Fsp3) is 0.278. The molecule has 0 spiro atoms. The lowest BCUT2D eigenvalue weighted by molar-refractivity contribution is 0.0712. The van der Waals surface area contributed by atoms with Crippen molar-refractivity contribution in [3.05, 3.63) is 65.5 Å². The second-order valence-electron chi connectivity index (χ2n) is 6.08. The number of nitrogens with zero attached hydrogens (tertiary/aromatic N) is 5. The molecule has 0 unspecified atom stereocenters. The van der Waals surface area contributed by atoms with Gasteiger partial charge in [-0.2, -0.15) is 5.10 Å². The molecule has 0 atom stereocenters. The number of hydrogen-bond acceptors (Lipinski definition) is 5. The number of halogens is 1. The van der Waals surface area contributed by atoms with E-state index >= 15 is 0 Å². The number of rotatable bonds is 4. The zero-order valence-electron chi connectivity index (χ0n) is 14.1. The molecule has 4 heterocycles. The van der Waals surface area contributed by atoms with Crippen molar-refractivity contribution in [3.8, 4) is 0 Å². The third-order valence-electron chi connectivity index (χ3n) is 4.35. The lowest BCUT2D eigenvalue weighted by atomic mass is 10.2. The molecule has 26 heavy (non-hydrogen) atoms. The Morgan fingerprint density at radius 1 is 1.15 bits per heavy atom. The lowest BCUT2D eigenvalue weighted by Gasteiger charge is -2.35. The van der Waals surface area contributed by atoms with Gasteiger partial charge in [-0.05, 0) is 30.3 Å². The summed E-state index contributed by atoms with van der Waals surface area (Å²) in [5.41, 5.74) is 0. The van der Waals surface area contributed by atoms with Gasteiger partial charge >= 0.3 is 0 Å². The molecule has 0 N–H and O–H groups in total. The van der Waals surface area contributed by atoms with E-state index in [1.165, 1.54) is 0 Å². The Bertz CT molecular complexity index is 867. The van der Waals surface area contributed by atoms with Crippen LogP contribution in [0.1, 0.15) is 16.3 Å². The Morgan fingerprint density at radius 2 is 2.00 bits per heavy atom. The molecule has 0 aliphatic carbocycles. The highest BCUT2D eigenvalue weighted by Crippen LogP contribution is 2.18. The molecule has 1 aliphatic heterocycles. The van der Waals surface area contributed by atoms with E-state index in [1.807, 2.05) is 35.4 Å². The molecule has 3 aromatic rings. The summed E-state index contributed by atoms with van der Waals surface area (Å²) in [5, 5.41) is 4.76. The minimum atomic E-state index is -0.0829. The van der Waals surface area contributed by atoms with E-state index in [-0.39, 0.29) is 5.91 Å². The largest absolute Gasteiger partial charge is 0.454 e. The Labute approximate surface area is 155 Å². The van der Waals surface area contributed by atoms with E-state index < -0.39 is 0 Å². The van der Waals surface area contributed by atoms with Crippen molar-refractivity contribution in [2.24, 2.45) is 0 Å². The molecule has 0 saturated carbocycles. The Morgan fingerprint density at radius 3 is 2.69 bits per heavy atom. The third kappa shape index (κ3) is 3.57. The summed E-state index contributed by atoms with van der Waals surface area (Å²) in [6.45, 7) is 3.20. The van der Waals surface area contributed by atoms with Crippen LogP contribution in [0.2, 0.25) is 5.02 Å². The molecule has 7 nitrogen and oxygen atoms in total. The smallest absolute Gasteiger partial charge is 0.289 e. The molecule has 1 aliphatic rings. The maximum atomic E-state index is 12.7. The first-order chi connectivity index (χ1) is 12.7. The molecular formula is C18H18ClN5O2. The van der Waals surface area contributed by atoms with Crippen molar-refractivity contribution in [2.45, 2.75) is 6.54 Å². The number of aromatic nitrogens is 3. The highest BCUT2D eigenvalue weighted by Gasteiger charge is 2.24. The van der Waals surface area contributed by atoms with Crippen LogP contribution in [-0.4, -0.2) is 51.8 Å². The van der Waals surface area contributed by atoms with Crippen LogP contribution < -0.4 is 4.90 Å². The predicted molar refractivity (Wildman–Crippen MR) is 97.4 cm³/mol. The topological polar surface area (TPSA) is 67.4 Å². The van der Waals surface area contributed by atoms with Crippen molar-refractivity contribution in [1.29, 1.82) is 0 Å². The lowest BCUT2D eigenvalue weighted by Crippen LogP contribution is -2.49. The number of carbonyl (C=O) groups excluding carboxylic acids is 1. The van der Waals surface area contributed by atoms with Gasteiger partial charge in [0.2, 0.25) is 0 Å². The van der Waals surface area contributed by atoms with Gasteiger partial charge in [0.05, 0.1) is 11.6 Å².